The number of hydrogen-bond donors (Lipinski definition) is 1. The van der Waals surface area contributed by atoms with Crippen LogP contribution in [0.3, 0.4) is 0 Å². The maximum Gasteiger partial charge on any atom is 0.227 e. The van der Waals surface area contributed by atoms with Crippen LogP contribution in [0.15, 0.2) is 30.5 Å². The molecule has 0 radical (unpaired) electrons. The second-order valence-corrected chi connectivity index (χ2v) is 7.35. The van der Waals surface area contributed by atoms with Crippen LogP contribution in [0.1, 0.15) is 41.3 Å². The average Bonchev–Trinajstić information content (AvgIpc) is 3.16. The molecule has 1 aromatic carbocycles. The van der Waals surface area contributed by atoms with Crippen LogP contribution in [0.25, 0.3) is 0 Å². The van der Waals surface area contributed by atoms with Crippen LogP contribution in [0.2, 0.25) is 0 Å². The smallest absolute Gasteiger partial charge is 0.227 e. The number of amides is 1. The normalized spacial score (nSPS) is 16.1. The van der Waals surface area contributed by atoms with Crippen molar-refractivity contribution in [3.8, 4) is 0 Å². The molecule has 1 amide bonds. The number of benzene rings is 1. The van der Waals surface area contributed by atoms with Crippen molar-refractivity contribution in [3.05, 3.63) is 45.9 Å². The van der Waals surface area contributed by atoms with E-state index < -0.39 is 0 Å². The summed E-state index contributed by atoms with van der Waals surface area (Å²) in [6.07, 6.45) is 4.54. The fraction of sp³-hybridized carbons (Fsp3) is 0.444. The van der Waals surface area contributed by atoms with Crippen LogP contribution in [0, 0.1) is 6.92 Å². The quantitative estimate of drug-likeness (QED) is 0.882. The molecular weight excluding hydrogens is 306 g/mol. The van der Waals surface area contributed by atoms with Gasteiger partial charge in [-0.15, -0.1) is 11.3 Å². The molecule has 1 saturated heterocycles. The zero-order valence-corrected chi connectivity index (χ0v) is 14.5. The number of nitrogens with zero attached hydrogens (tertiary/aromatic N) is 2. The van der Waals surface area contributed by atoms with Gasteiger partial charge in [-0.2, -0.15) is 0 Å². The molecule has 1 aromatic heterocycles. The minimum atomic E-state index is 0.239. The second kappa shape index (κ2) is 7.23. The lowest BCUT2D eigenvalue weighted by Gasteiger charge is -2.18. The standard InChI is InChI=1S/C18H23N3OS/c1-13-12-20-17(23-13)9-10-19-14(2)15-5-7-16(8-6-15)21-11-3-4-18(21)22/h5-8,12,14,19H,3-4,9-11H2,1-2H3/t14-/m0/s1. The van der Waals surface area contributed by atoms with Gasteiger partial charge >= 0.3 is 0 Å². The van der Waals surface area contributed by atoms with Gasteiger partial charge in [0.05, 0.1) is 5.01 Å². The number of aromatic nitrogens is 1. The van der Waals surface area contributed by atoms with E-state index in [-0.39, 0.29) is 5.91 Å². The summed E-state index contributed by atoms with van der Waals surface area (Å²) in [7, 11) is 0. The first-order valence-corrected chi connectivity index (χ1v) is 9.00. The van der Waals surface area contributed by atoms with E-state index in [0.717, 1.165) is 31.6 Å². The summed E-state index contributed by atoms with van der Waals surface area (Å²) in [5.41, 5.74) is 2.26. The number of carbonyl (C=O) groups excluding carboxylic acids is 1. The highest BCUT2D eigenvalue weighted by atomic mass is 32.1. The van der Waals surface area contributed by atoms with Crippen LogP contribution in [-0.2, 0) is 11.2 Å². The summed E-state index contributed by atoms with van der Waals surface area (Å²) in [5, 5.41) is 4.73. The Morgan fingerprint density at radius 1 is 1.35 bits per heavy atom. The lowest BCUT2D eigenvalue weighted by molar-refractivity contribution is -0.117. The zero-order valence-electron chi connectivity index (χ0n) is 13.7. The van der Waals surface area contributed by atoms with Crippen molar-refractivity contribution in [2.24, 2.45) is 0 Å². The van der Waals surface area contributed by atoms with Gasteiger partial charge in [0.1, 0.15) is 0 Å². The minimum Gasteiger partial charge on any atom is -0.312 e. The summed E-state index contributed by atoms with van der Waals surface area (Å²) < 4.78 is 0. The molecule has 23 heavy (non-hydrogen) atoms. The molecule has 1 N–H and O–H groups in total. The van der Waals surface area contributed by atoms with E-state index in [0.29, 0.717) is 12.5 Å². The topological polar surface area (TPSA) is 45.2 Å². The third kappa shape index (κ3) is 3.98. The second-order valence-electron chi connectivity index (χ2n) is 6.03. The van der Waals surface area contributed by atoms with Crippen molar-refractivity contribution in [2.75, 3.05) is 18.0 Å². The third-order valence-electron chi connectivity index (χ3n) is 4.24. The van der Waals surface area contributed by atoms with E-state index in [4.69, 9.17) is 0 Å². The summed E-state index contributed by atoms with van der Waals surface area (Å²) in [4.78, 5) is 19.3. The fourth-order valence-corrected chi connectivity index (χ4v) is 3.68. The molecule has 0 bridgehead atoms. The first kappa shape index (κ1) is 16.1. The van der Waals surface area contributed by atoms with Gasteiger partial charge in [-0.25, -0.2) is 4.98 Å². The monoisotopic (exact) mass is 329 g/mol. The van der Waals surface area contributed by atoms with Crippen LogP contribution >= 0.6 is 11.3 Å². The van der Waals surface area contributed by atoms with Crippen molar-refractivity contribution in [1.29, 1.82) is 0 Å². The fourth-order valence-electron chi connectivity index (χ4n) is 2.89. The molecule has 1 aliphatic heterocycles. The van der Waals surface area contributed by atoms with Gasteiger partial charge in [0.2, 0.25) is 5.91 Å². The van der Waals surface area contributed by atoms with Crippen molar-refractivity contribution < 1.29 is 4.79 Å². The van der Waals surface area contributed by atoms with E-state index in [1.54, 1.807) is 11.3 Å². The Hall–Kier alpha value is -1.72. The molecule has 1 fully saturated rings. The molecular formula is C18H23N3OS. The highest BCUT2D eigenvalue weighted by Crippen LogP contribution is 2.23. The average molecular weight is 329 g/mol. The van der Waals surface area contributed by atoms with Gasteiger partial charge in [-0.1, -0.05) is 12.1 Å². The van der Waals surface area contributed by atoms with Gasteiger partial charge < -0.3 is 10.2 Å². The van der Waals surface area contributed by atoms with Crippen LogP contribution in [0.5, 0.6) is 0 Å². The molecule has 0 aliphatic carbocycles. The molecule has 1 aliphatic rings. The Labute approximate surface area is 141 Å². The molecule has 1 atom stereocenters. The van der Waals surface area contributed by atoms with E-state index in [2.05, 4.69) is 48.4 Å². The number of nitrogens with one attached hydrogen (secondary N) is 1. The van der Waals surface area contributed by atoms with Gasteiger partial charge in [-0.05, 0) is 38.0 Å². The maximum atomic E-state index is 11.8. The number of carbonyl (C=O) groups is 1. The number of hydrogen-bond acceptors (Lipinski definition) is 4. The van der Waals surface area contributed by atoms with Crippen LogP contribution in [-0.4, -0.2) is 24.0 Å². The molecule has 3 rings (SSSR count). The van der Waals surface area contributed by atoms with E-state index in [1.807, 2.05) is 11.1 Å². The van der Waals surface area contributed by atoms with Gasteiger partial charge in [0.25, 0.3) is 0 Å². The Balaban J connectivity index is 1.53. The molecule has 5 heteroatoms. The van der Waals surface area contributed by atoms with Crippen molar-refractivity contribution in [1.82, 2.24) is 10.3 Å². The first-order valence-electron chi connectivity index (χ1n) is 8.18. The summed E-state index contributed by atoms with van der Waals surface area (Å²) in [6, 6.07) is 8.64. The molecule has 0 saturated carbocycles. The maximum absolute atomic E-state index is 11.8. The molecule has 2 heterocycles. The van der Waals surface area contributed by atoms with Gasteiger partial charge in [0.15, 0.2) is 0 Å². The first-order chi connectivity index (χ1) is 11.1. The Kier molecular flexibility index (Phi) is 5.08. The van der Waals surface area contributed by atoms with Crippen molar-refractivity contribution in [2.45, 2.75) is 39.2 Å². The van der Waals surface area contributed by atoms with E-state index in [9.17, 15) is 4.79 Å². The third-order valence-corrected chi connectivity index (χ3v) is 5.21. The minimum absolute atomic E-state index is 0.239. The predicted octanol–water partition coefficient (Wildman–Crippen LogP) is 3.47. The summed E-state index contributed by atoms with van der Waals surface area (Å²) in [5.74, 6) is 0.239. The van der Waals surface area contributed by atoms with Crippen molar-refractivity contribution >= 4 is 22.9 Å². The highest BCUT2D eigenvalue weighted by molar-refractivity contribution is 7.11. The number of anilines is 1. The van der Waals surface area contributed by atoms with Gasteiger partial charge in [0, 0.05) is 48.7 Å². The van der Waals surface area contributed by atoms with Crippen LogP contribution < -0.4 is 10.2 Å². The molecule has 0 unspecified atom stereocenters. The predicted molar refractivity (Wildman–Crippen MR) is 95.0 cm³/mol. The molecule has 0 spiro atoms. The molecule has 122 valence electrons. The van der Waals surface area contributed by atoms with E-state index in [1.165, 1.54) is 15.4 Å². The van der Waals surface area contributed by atoms with E-state index >= 15 is 0 Å². The number of thiazole rings is 1. The van der Waals surface area contributed by atoms with Gasteiger partial charge in [-0.3, -0.25) is 4.79 Å². The summed E-state index contributed by atoms with van der Waals surface area (Å²) >= 11 is 1.76. The molecule has 4 nitrogen and oxygen atoms in total. The zero-order chi connectivity index (χ0) is 16.2. The Morgan fingerprint density at radius 2 is 2.13 bits per heavy atom. The Morgan fingerprint density at radius 3 is 2.74 bits per heavy atom. The Bertz CT molecular complexity index is 665. The summed E-state index contributed by atoms with van der Waals surface area (Å²) in [6.45, 7) is 6.02. The number of rotatable bonds is 6. The largest absolute Gasteiger partial charge is 0.312 e. The van der Waals surface area contributed by atoms with Crippen LogP contribution in [0.4, 0.5) is 5.69 Å². The SMILES string of the molecule is Cc1cnc(CCN[C@@H](C)c2ccc(N3CCCC3=O)cc2)s1. The number of aryl methyl sites for hydroxylation is 1. The lowest BCUT2D eigenvalue weighted by Crippen LogP contribution is -2.24. The lowest BCUT2D eigenvalue weighted by atomic mass is 10.1. The highest BCUT2D eigenvalue weighted by Gasteiger charge is 2.21. The molecule has 2 aromatic rings. The van der Waals surface area contributed by atoms with Crippen molar-refractivity contribution in [3.63, 3.8) is 0 Å².